The molecule has 10 heteroatoms. The van der Waals surface area contributed by atoms with E-state index in [0.29, 0.717) is 50.0 Å². The van der Waals surface area contributed by atoms with Gasteiger partial charge < -0.3 is 13.8 Å². The summed E-state index contributed by atoms with van der Waals surface area (Å²) in [5.74, 6) is 0.630. The number of rotatable bonds is 4. The van der Waals surface area contributed by atoms with Gasteiger partial charge in [0.2, 0.25) is 11.7 Å². The molecule has 2 aromatic carbocycles. The van der Waals surface area contributed by atoms with Crippen LogP contribution in [0.4, 0.5) is 13.2 Å². The Kier molecular flexibility index (Phi) is 5.60. The van der Waals surface area contributed by atoms with E-state index in [-0.39, 0.29) is 17.3 Å². The highest BCUT2D eigenvalue weighted by atomic mass is 19.4. The number of benzene rings is 2. The Morgan fingerprint density at radius 2 is 1.82 bits per heavy atom. The van der Waals surface area contributed by atoms with Gasteiger partial charge >= 0.3 is 6.18 Å². The largest absolute Gasteiger partial charge is 0.451 e. The van der Waals surface area contributed by atoms with E-state index in [0.717, 1.165) is 23.1 Å². The fourth-order valence-electron chi connectivity index (χ4n) is 4.09. The second-order valence-electron chi connectivity index (χ2n) is 8.21. The number of furan rings is 1. The standard InChI is InChI=1S/C24H21F3N4O3/c1-15-18-7-2-3-8-19(18)33-21(15)23(32)31-11-9-30(10-12-31)14-20-28-22(29-34-20)16-5-4-6-17(13-16)24(25,26)27/h2-8,13H,9-12,14H2,1H3. The van der Waals surface area contributed by atoms with E-state index >= 15 is 0 Å². The van der Waals surface area contributed by atoms with Crippen LogP contribution in [0.1, 0.15) is 27.6 Å². The summed E-state index contributed by atoms with van der Waals surface area (Å²) in [7, 11) is 0. The summed E-state index contributed by atoms with van der Waals surface area (Å²) >= 11 is 0. The van der Waals surface area contributed by atoms with Crippen molar-refractivity contribution in [3.63, 3.8) is 0 Å². The summed E-state index contributed by atoms with van der Waals surface area (Å²) in [5, 5.41) is 4.76. The summed E-state index contributed by atoms with van der Waals surface area (Å²) < 4.78 is 50.0. The van der Waals surface area contributed by atoms with Crippen molar-refractivity contribution >= 4 is 16.9 Å². The van der Waals surface area contributed by atoms with Crippen LogP contribution in [0.2, 0.25) is 0 Å². The molecule has 1 amide bonds. The summed E-state index contributed by atoms with van der Waals surface area (Å²) in [6.07, 6.45) is -4.44. The number of hydrogen-bond donors (Lipinski definition) is 0. The van der Waals surface area contributed by atoms with Gasteiger partial charge in [-0.25, -0.2) is 0 Å². The highest BCUT2D eigenvalue weighted by molar-refractivity contribution is 5.99. The van der Waals surface area contributed by atoms with Crippen molar-refractivity contribution in [2.45, 2.75) is 19.6 Å². The number of hydrogen-bond acceptors (Lipinski definition) is 6. The number of para-hydroxylation sites is 1. The maximum atomic E-state index is 13.0. The first-order valence-electron chi connectivity index (χ1n) is 10.8. The van der Waals surface area contributed by atoms with E-state index in [1.54, 1.807) is 4.90 Å². The van der Waals surface area contributed by atoms with Crippen LogP contribution in [-0.2, 0) is 12.7 Å². The Labute approximate surface area is 192 Å². The fourth-order valence-corrected chi connectivity index (χ4v) is 4.09. The van der Waals surface area contributed by atoms with E-state index in [1.807, 2.05) is 31.2 Å². The van der Waals surface area contributed by atoms with E-state index in [4.69, 9.17) is 8.94 Å². The minimum atomic E-state index is -4.44. The van der Waals surface area contributed by atoms with Gasteiger partial charge in [0.15, 0.2) is 5.76 Å². The second-order valence-corrected chi connectivity index (χ2v) is 8.21. The smallest absolute Gasteiger partial charge is 0.416 e. The zero-order valence-electron chi connectivity index (χ0n) is 18.3. The van der Waals surface area contributed by atoms with Crippen LogP contribution in [0, 0.1) is 6.92 Å². The number of carbonyl (C=O) groups is 1. The van der Waals surface area contributed by atoms with E-state index in [9.17, 15) is 18.0 Å². The van der Waals surface area contributed by atoms with Crippen molar-refractivity contribution in [1.82, 2.24) is 19.9 Å². The van der Waals surface area contributed by atoms with E-state index in [2.05, 4.69) is 15.0 Å². The average Bonchev–Trinajstić information content (AvgIpc) is 3.43. The molecular formula is C24H21F3N4O3. The third kappa shape index (κ3) is 4.28. The van der Waals surface area contributed by atoms with E-state index in [1.165, 1.54) is 12.1 Å². The number of halogens is 3. The molecule has 1 fully saturated rings. The molecule has 34 heavy (non-hydrogen) atoms. The Bertz CT molecular complexity index is 1340. The van der Waals surface area contributed by atoms with Gasteiger partial charge in [-0.3, -0.25) is 9.69 Å². The third-order valence-corrected chi connectivity index (χ3v) is 5.97. The van der Waals surface area contributed by atoms with Gasteiger partial charge in [-0.05, 0) is 25.1 Å². The molecule has 0 radical (unpaired) electrons. The molecule has 0 bridgehead atoms. The SMILES string of the molecule is Cc1c(C(=O)N2CCN(Cc3nc(-c4cccc(C(F)(F)F)c4)no3)CC2)oc2ccccc12. The Balaban J connectivity index is 1.21. The number of alkyl halides is 3. The normalized spacial score (nSPS) is 15.2. The van der Waals surface area contributed by atoms with Crippen LogP contribution in [0.15, 0.2) is 57.5 Å². The zero-order valence-corrected chi connectivity index (χ0v) is 18.3. The number of piperazine rings is 1. The molecule has 0 saturated carbocycles. The summed E-state index contributed by atoms with van der Waals surface area (Å²) in [5.41, 5.74) is 0.990. The molecule has 0 atom stereocenters. The quantitative estimate of drug-likeness (QED) is 0.428. The number of fused-ring (bicyclic) bond motifs is 1. The van der Waals surface area contributed by atoms with Crippen LogP contribution in [0.3, 0.4) is 0 Å². The molecule has 4 aromatic rings. The molecule has 7 nitrogen and oxygen atoms in total. The van der Waals surface area contributed by atoms with Crippen molar-refractivity contribution < 1.29 is 26.9 Å². The Morgan fingerprint density at radius 3 is 2.56 bits per heavy atom. The summed E-state index contributed by atoms with van der Waals surface area (Å²) in [6.45, 7) is 4.41. The van der Waals surface area contributed by atoms with Crippen LogP contribution >= 0.6 is 0 Å². The highest BCUT2D eigenvalue weighted by Gasteiger charge is 2.31. The van der Waals surface area contributed by atoms with Crippen LogP contribution in [-0.4, -0.2) is 52.0 Å². The first-order valence-corrected chi connectivity index (χ1v) is 10.8. The molecule has 5 rings (SSSR count). The number of carbonyl (C=O) groups excluding carboxylic acids is 1. The summed E-state index contributed by atoms with van der Waals surface area (Å²) in [4.78, 5) is 21.1. The molecule has 0 N–H and O–H groups in total. The minimum Gasteiger partial charge on any atom is -0.451 e. The lowest BCUT2D eigenvalue weighted by Crippen LogP contribution is -2.48. The molecule has 0 unspecified atom stereocenters. The summed E-state index contributed by atoms with van der Waals surface area (Å²) in [6, 6.07) is 12.4. The number of aromatic nitrogens is 2. The lowest BCUT2D eigenvalue weighted by Gasteiger charge is -2.33. The molecule has 176 valence electrons. The average molecular weight is 470 g/mol. The molecule has 1 aliphatic heterocycles. The topological polar surface area (TPSA) is 75.6 Å². The van der Waals surface area contributed by atoms with Crippen molar-refractivity contribution in [3.05, 3.63) is 71.3 Å². The Morgan fingerprint density at radius 1 is 1.06 bits per heavy atom. The van der Waals surface area contributed by atoms with Gasteiger partial charge in [0.05, 0.1) is 12.1 Å². The van der Waals surface area contributed by atoms with Crippen LogP contribution < -0.4 is 0 Å². The number of aryl methyl sites for hydroxylation is 1. The lowest BCUT2D eigenvalue weighted by atomic mass is 10.1. The Hall–Kier alpha value is -3.66. The van der Waals surface area contributed by atoms with Crippen molar-refractivity contribution in [3.8, 4) is 11.4 Å². The molecule has 0 spiro atoms. The molecular weight excluding hydrogens is 449 g/mol. The third-order valence-electron chi connectivity index (χ3n) is 5.97. The maximum Gasteiger partial charge on any atom is 0.416 e. The van der Waals surface area contributed by atoms with Gasteiger partial charge in [-0.1, -0.05) is 35.5 Å². The van der Waals surface area contributed by atoms with Gasteiger partial charge in [-0.2, -0.15) is 18.2 Å². The maximum absolute atomic E-state index is 13.0. The van der Waals surface area contributed by atoms with Crippen molar-refractivity contribution in [1.29, 1.82) is 0 Å². The second kappa shape index (κ2) is 8.60. The van der Waals surface area contributed by atoms with Gasteiger partial charge in [0, 0.05) is 42.7 Å². The predicted molar refractivity (Wildman–Crippen MR) is 117 cm³/mol. The van der Waals surface area contributed by atoms with Crippen LogP contribution in [0.25, 0.3) is 22.4 Å². The van der Waals surface area contributed by atoms with Crippen molar-refractivity contribution in [2.75, 3.05) is 26.2 Å². The first-order chi connectivity index (χ1) is 16.3. The molecule has 3 heterocycles. The zero-order chi connectivity index (χ0) is 23.9. The molecule has 1 saturated heterocycles. The minimum absolute atomic E-state index is 0.107. The van der Waals surface area contributed by atoms with Crippen molar-refractivity contribution in [2.24, 2.45) is 0 Å². The number of nitrogens with zero attached hydrogens (tertiary/aromatic N) is 4. The molecule has 1 aliphatic rings. The predicted octanol–water partition coefficient (Wildman–Crippen LogP) is 4.77. The van der Waals surface area contributed by atoms with E-state index < -0.39 is 11.7 Å². The van der Waals surface area contributed by atoms with Gasteiger partial charge in [0.25, 0.3) is 5.91 Å². The fraction of sp³-hybridized carbons (Fsp3) is 0.292. The van der Waals surface area contributed by atoms with Crippen LogP contribution in [0.5, 0.6) is 0 Å². The first kappa shape index (κ1) is 22.1. The highest BCUT2D eigenvalue weighted by Crippen LogP contribution is 2.31. The number of amides is 1. The molecule has 2 aromatic heterocycles. The lowest BCUT2D eigenvalue weighted by molar-refractivity contribution is -0.137. The van der Waals surface area contributed by atoms with Gasteiger partial charge in [0.1, 0.15) is 5.58 Å². The molecule has 0 aliphatic carbocycles. The van der Waals surface area contributed by atoms with Gasteiger partial charge in [-0.15, -0.1) is 0 Å². The monoisotopic (exact) mass is 470 g/mol.